The van der Waals surface area contributed by atoms with E-state index in [1.807, 2.05) is 0 Å². The number of fused-ring (bicyclic) bond motifs is 1. The van der Waals surface area contributed by atoms with Gasteiger partial charge in [0.1, 0.15) is 0 Å². The van der Waals surface area contributed by atoms with Crippen LogP contribution in [0.25, 0.3) is 10.8 Å². The third-order valence-corrected chi connectivity index (χ3v) is 15.6. The van der Waals surface area contributed by atoms with Gasteiger partial charge >= 0.3 is 0 Å². The summed E-state index contributed by atoms with van der Waals surface area (Å²) in [7, 11) is -5.12. The molecule has 41 heavy (non-hydrogen) atoms. The van der Waals surface area contributed by atoms with E-state index in [-0.39, 0.29) is 0 Å². The molecule has 0 aliphatic rings. The van der Waals surface area contributed by atoms with E-state index in [9.17, 15) is 0 Å². The largest absolute Gasteiger partial charge is 0.231 e. The Kier molecular flexibility index (Phi) is 7.53. The second-order valence-electron chi connectivity index (χ2n) is 10.4. The average molecular weight is 555 g/mol. The number of hydrogen-bond acceptors (Lipinski definition) is 0. The van der Waals surface area contributed by atoms with Gasteiger partial charge in [-0.05, 0) is 48.5 Å². The molecule has 0 aliphatic carbocycles. The summed E-state index contributed by atoms with van der Waals surface area (Å²) in [4.78, 5) is 0. The molecule has 0 spiro atoms. The maximum absolute atomic E-state index is 3.83. The Morgan fingerprint density at radius 1 is 0.390 bits per heavy atom. The molecule has 194 valence electrons. The Hall–Kier alpha value is -4.87. The van der Waals surface area contributed by atoms with E-state index in [2.05, 4.69) is 193 Å². The van der Waals surface area contributed by atoms with Crippen LogP contribution in [0.4, 0.5) is 0 Å². The van der Waals surface area contributed by atoms with Crippen molar-refractivity contribution in [1.29, 1.82) is 0 Å². The summed E-state index contributed by atoms with van der Waals surface area (Å²) in [6, 6.07) is 58.4. The molecule has 0 aromatic heterocycles. The van der Waals surface area contributed by atoms with Gasteiger partial charge in [-0.3, -0.25) is 0 Å². The van der Waals surface area contributed by atoms with E-state index in [1.54, 1.807) is 0 Å². The fraction of sp³-hybridized carbons (Fsp3) is 0.0256. The summed E-state index contributed by atoms with van der Waals surface area (Å²) in [5.74, 6) is 6.89. The van der Waals surface area contributed by atoms with E-state index in [0.29, 0.717) is 0 Å². The van der Waals surface area contributed by atoms with E-state index in [1.165, 1.54) is 36.7 Å². The first kappa shape index (κ1) is 26.4. The molecular formula is C39H30Si2. The molecule has 6 rings (SSSR count). The van der Waals surface area contributed by atoms with Gasteiger partial charge in [0.05, 0.1) is 0 Å². The minimum Gasteiger partial charge on any atom is -0.106 e. The van der Waals surface area contributed by atoms with Gasteiger partial charge in [-0.2, -0.15) is 0 Å². The first-order valence-corrected chi connectivity index (χ1v) is 18.5. The Bertz CT molecular complexity index is 1790. The minimum absolute atomic E-state index is 1.25. The van der Waals surface area contributed by atoms with Gasteiger partial charge < -0.3 is 0 Å². The predicted octanol–water partition coefficient (Wildman–Crippen LogP) is 5.29. The van der Waals surface area contributed by atoms with Gasteiger partial charge in [0, 0.05) is 0 Å². The van der Waals surface area contributed by atoms with Gasteiger partial charge in [0.15, 0.2) is 8.07 Å². The summed E-state index contributed by atoms with van der Waals surface area (Å²) in [6.45, 7) is 2.36. The zero-order chi connectivity index (χ0) is 28.0. The lowest BCUT2D eigenvalue weighted by molar-refractivity contribution is 1.69. The van der Waals surface area contributed by atoms with Crippen LogP contribution in [0.15, 0.2) is 164 Å². The molecule has 0 N–H and O–H groups in total. The highest BCUT2D eigenvalue weighted by molar-refractivity contribution is 7.16. The topological polar surface area (TPSA) is 0 Å². The van der Waals surface area contributed by atoms with Crippen molar-refractivity contribution in [1.82, 2.24) is 0 Å². The van der Waals surface area contributed by atoms with Crippen molar-refractivity contribution in [3.05, 3.63) is 164 Å². The van der Waals surface area contributed by atoms with Gasteiger partial charge in [-0.1, -0.05) is 170 Å². The molecule has 0 bridgehead atoms. The molecule has 0 heterocycles. The standard InChI is InChI=1S/C39H30Si2/c1-40(34-21-6-2-7-22-34,39-30-18-20-33-19-14-15-29-38(33)39)31-16-17-32-41(35-23-8-3-9-24-35,36-25-10-4-11-26-36)37-27-12-5-13-28-37/h2-15,18-30H,1H3. The lowest BCUT2D eigenvalue weighted by Gasteiger charge is -2.28. The van der Waals surface area contributed by atoms with Crippen LogP contribution in [-0.2, 0) is 0 Å². The lowest BCUT2D eigenvalue weighted by Crippen LogP contribution is -2.66. The van der Waals surface area contributed by atoms with Crippen molar-refractivity contribution in [3.63, 3.8) is 0 Å². The van der Waals surface area contributed by atoms with Crippen LogP contribution in [-0.4, -0.2) is 16.1 Å². The maximum atomic E-state index is 3.83. The quantitative estimate of drug-likeness (QED) is 0.154. The Balaban J connectivity index is 1.57. The van der Waals surface area contributed by atoms with Crippen molar-refractivity contribution in [2.45, 2.75) is 6.55 Å². The average Bonchev–Trinajstić information content (AvgIpc) is 3.06. The molecule has 6 aromatic rings. The summed E-state index contributed by atoms with van der Waals surface area (Å²) >= 11 is 0. The van der Waals surface area contributed by atoms with Crippen LogP contribution in [0, 0.1) is 22.9 Å². The molecule has 0 amide bonds. The monoisotopic (exact) mass is 554 g/mol. The number of hydrogen-bond donors (Lipinski definition) is 0. The third kappa shape index (κ3) is 5.08. The highest BCUT2D eigenvalue weighted by Crippen LogP contribution is 2.16. The molecule has 0 aliphatic heterocycles. The second-order valence-corrected chi connectivity index (χ2v) is 17.5. The summed E-state index contributed by atoms with van der Waals surface area (Å²) in [6.07, 6.45) is 0. The van der Waals surface area contributed by atoms with Crippen LogP contribution in [0.3, 0.4) is 0 Å². The van der Waals surface area contributed by atoms with Crippen molar-refractivity contribution < 1.29 is 0 Å². The molecular weight excluding hydrogens is 525 g/mol. The minimum atomic E-state index is -2.67. The van der Waals surface area contributed by atoms with E-state index in [0.717, 1.165) is 0 Å². The Labute approximate surface area is 245 Å². The normalized spacial score (nSPS) is 12.3. The van der Waals surface area contributed by atoms with Crippen LogP contribution < -0.4 is 25.9 Å². The molecule has 0 saturated heterocycles. The zero-order valence-corrected chi connectivity index (χ0v) is 25.1. The molecule has 2 heteroatoms. The SMILES string of the molecule is C[Si](C#CC#C[Si](c1ccccc1)(c1ccccc1)c1ccccc1)(c1ccccc1)c1cccc2ccccc12. The van der Waals surface area contributed by atoms with Gasteiger partial charge in [0.25, 0.3) is 0 Å². The first-order chi connectivity index (χ1) is 20.2. The molecule has 0 nitrogen and oxygen atoms in total. The highest BCUT2D eigenvalue weighted by atomic mass is 28.3. The van der Waals surface area contributed by atoms with Crippen LogP contribution in [0.2, 0.25) is 6.55 Å². The van der Waals surface area contributed by atoms with Crippen molar-refractivity contribution in [2.24, 2.45) is 0 Å². The highest BCUT2D eigenvalue weighted by Gasteiger charge is 2.38. The Morgan fingerprint density at radius 3 is 1.34 bits per heavy atom. The van der Waals surface area contributed by atoms with E-state index in [4.69, 9.17) is 0 Å². The van der Waals surface area contributed by atoms with Gasteiger partial charge in [0.2, 0.25) is 8.07 Å². The predicted molar refractivity (Wildman–Crippen MR) is 181 cm³/mol. The zero-order valence-electron chi connectivity index (χ0n) is 23.1. The molecule has 0 saturated carbocycles. The summed E-state index contributed by atoms with van der Waals surface area (Å²) in [5, 5.41) is 8.95. The second kappa shape index (κ2) is 11.7. The Morgan fingerprint density at radius 2 is 0.805 bits per heavy atom. The van der Waals surface area contributed by atoms with Crippen LogP contribution in [0.1, 0.15) is 0 Å². The summed E-state index contributed by atoms with van der Waals surface area (Å²) < 4.78 is 0. The number of benzene rings is 6. The van der Waals surface area contributed by atoms with Crippen molar-refractivity contribution in [3.8, 4) is 22.9 Å². The van der Waals surface area contributed by atoms with Crippen molar-refractivity contribution >= 4 is 52.9 Å². The van der Waals surface area contributed by atoms with Crippen molar-refractivity contribution in [2.75, 3.05) is 0 Å². The molecule has 1 atom stereocenters. The fourth-order valence-corrected chi connectivity index (χ4v) is 12.5. The van der Waals surface area contributed by atoms with Crippen LogP contribution >= 0.6 is 0 Å². The fourth-order valence-electron chi connectivity index (χ4n) is 5.79. The smallest absolute Gasteiger partial charge is 0.106 e. The molecule has 1 unspecified atom stereocenters. The third-order valence-electron chi connectivity index (χ3n) is 7.92. The van der Waals surface area contributed by atoms with Crippen LogP contribution in [0.5, 0.6) is 0 Å². The van der Waals surface area contributed by atoms with Gasteiger partial charge in [-0.25, -0.2) is 0 Å². The maximum Gasteiger partial charge on any atom is 0.231 e. The first-order valence-electron chi connectivity index (χ1n) is 14.0. The lowest BCUT2D eigenvalue weighted by atomic mass is 10.1. The van der Waals surface area contributed by atoms with E-state index >= 15 is 0 Å². The number of rotatable bonds is 5. The molecule has 0 fully saturated rings. The van der Waals surface area contributed by atoms with Gasteiger partial charge in [-0.15, -0.1) is 11.1 Å². The molecule has 6 aromatic carbocycles. The van der Waals surface area contributed by atoms with E-state index < -0.39 is 16.1 Å². The molecule has 0 radical (unpaired) electrons. The summed E-state index contributed by atoms with van der Waals surface area (Å²) in [5.41, 5.74) is 7.62.